The summed E-state index contributed by atoms with van der Waals surface area (Å²) in [4.78, 5) is 31.2. The van der Waals surface area contributed by atoms with Crippen LogP contribution in [0.25, 0.3) is 26.9 Å². The van der Waals surface area contributed by atoms with Crippen LogP contribution in [-0.4, -0.2) is 84.1 Å². The standard InChI is InChI=1S/C35H38F2N6O2/c1-21(36)34(44)43-14-13-42(19-25(43)18-38-2)33-29-16-30(37)28(27-11-5-8-23-15-22-7-4-10-26(22)32(23)27)17-31(29)39-35(40-33)45-20-24-9-6-12-41(24)3/h5,8,11,16-17,22,24-26H,1,4,6-7,9-10,12-15,18-20H2,3H3/t22?,24-,25-,26?/m0/s1. The molecule has 7 rings (SSSR count). The van der Waals surface area contributed by atoms with Gasteiger partial charge < -0.3 is 24.3 Å². The van der Waals surface area contributed by atoms with E-state index in [0.717, 1.165) is 37.8 Å². The van der Waals surface area contributed by atoms with Crippen molar-refractivity contribution < 1.29 is 18.3 Å². The van der Waals surface area contributed by atoms with E-state index in [1.807, 2.05) is 23.1 Å². The van der Waals surface area contributed by atoms with Crippen molar-refractivity contribution in [3.63, 3.8) is 0 Å². The number of halogens is 2. The number of aromatic nitrogens is 2. The first-order valence-corrected chi connectivity index (χ1v) is 16.0. The lowest BCUT2D eigenvalue weighted by molar-refractivity contribution is -0.131. The molecule has 4 atom stereocenters. The molecule has 234 valence electrons. The summed E-state index contributed by atoms with van der Waals surface area (Å²) in [6.45, 7) is 12.8. The molecular formula is C35H38F2N6O2. The van der Waals surface area contributed by atoms with Gasteiger partial charge in [-0.2, -0.15) is 9.97 Å². The fourth-order valence-corrected chi connectivity index (χ4v) is 8.12. The maximum atomic E-state index is 16.3. The lowest BCUT2D eigenvalue weighted by atomic mass is 9.89. The number of hydrogen-bond donors (Lipinski definition) is 0. The van der Waals surface area contributed by atoms with Crippen LogP contribution < -0.4 is 9.64 Å². The number of fused-ring (bicyclic) bond motifs is 4. The van der Waals surface area contributed by atoms with E-state index in [2.05, 4.69) is 29.4 Å². The van der Waals surface area contributed by atoms with Gasteiger partial charge in [-0.15, -0.1) is 0 Å². The molecule has 1 aromatic heterocycles. The second-order valence-corrected chi connectivity index (χ2v) is 13.0. The van der Waals surface area contributed by atoms with Crippen LogP contribution in [0.4, 0.5) is 14.6 Å². The average molecular weight is 613 g/mol. The third kappa shape index (κ3) is 5.41. The Hall–Kier alpha value is -4.10. The van der Waals surface area contributed by atoms with Crippen molar-refractivity contribution in [1.29, 1.82) is 0 Å². The Morgan fingerprint density at radius 2 is 1.98 bits per heavy atom. The molecule has 2 aliphatic carbocycles. The van der Waals surface area contributed by atoms with Crippen molar-refractivity contribution in [1.82, 2.24) is 19.8 Å². The first-order valence-electron chi connectivity index (χ1n) is 16.0. The highest BCUT2D eigenvalue weighted by atomic mass is 19.1. The highest BCUT2D eigenvalue weighted by molar-refractivity contribution is 5.94. The van der Waals surface area contributed by atoms with Crippen molar-refractivity contribution in [2.45, 2.75) is 56.5 Å². The van der Waals surface area contributed by atoms with Crippen LogP contribution in [0.5, 0.6) is 6.01 Å². The number of benzene rings is 2. The molecule has 45 heavy (non-hydrogen) atoms. The van der Waals surface area contributed by atoms with Gasteiger partial charge in [0.25, 0.3) is 5.91 Å². The number of carbonyl (C=O) groups excluding carboxylic acids is 1. The topological polar surface area (TPSA) is 66.2 Å². The molecular weight excluding hydrogens is 574 g/mol. The molecule has 1 saturated carbocycles. The summed E-state index contributed by atoms with van der Waals surface area (Å²) in [5, 5.41) is 0.532. The molecule has 0 N–H and O–H groups in total. The number of hydrogen-bond acceptors (Lipinski definition) is 6. The molecule has 1 amide bonds. The number of piperazine rings is 1. The summed E-state index contributed by atoms with van der Waals surface area (Å²) in [6.07, 6.45) is 6.76. The molecule has 2 saturated heterocycles. The highest BCUT2D eigenvalue weighted by Crippen LogP contribution is 2.52. The minimum Gasteiger partial charge on any atom is -0.462 e. The molecule has 4 aliphatic rings. The van der Waals surface area contributed by atoms with Gasteiger partial charge >= 0.3 is 6.01 Å². The van der Waals surface area contributed by atoms with E-state index in [1.165, 1.54) is 34.9 Å². The number of rotatable bonds is 7. The first-order chi connectivity index (χ1) is 21.8. The monoisotopic (exact) mass is 612 g/mol. The summed E-state index contributed by atoms with van der Waals surface area (Å²) in [7, 11) is 2.08. The van der Waals surface area contributed by atoms with Crippen molar-refractivity contribution in [2.75, 3.05) is 51.3 Å². The van der Waals surface area contributed by atoms with E-state index >= 15 is 4.39 Å². The maximum absolute atomic E-state index is 16.3. The molecule has 3 aromatic rings. The third-order valence-electron chi connectivity index (χ3n) is 10.4. The maximum Gasteiger partial charge on any atom is 0.319 e. The van der Waals surface area contributed by atoms with Gasteiger partial charge in [0.15, 0.2) is 5.83 Å². The minimum atomic E-state index is -1.05. The lowest BCUT2D eigenvalue weighted by Crippen LogP contribution is -2.56. The predicted molar refractivity (Wildman–Crippen MR) is 169 cm³/mol. The Labute approximate surface area is 262 Å². The molecule has 0 spiro atoms. The Morgan fingerprint density at radius 1 is 1.11 bits per heavy atom. The third-order valence-corrected chi connectivity index (χ3v) is 10.4. The molecule has 2 unspecified atom stereocenters. The van der Waals surface area contributed by atoms with Crippen LogP contribution in [-0.2, 0) is 11.2 Å². The van der Waals surface area contributed by atoms with Crippen LogP contribution in [0.15, 0.2) is 42.7 Å². The molecule has 2 aliphatic heterocycles. The number of ether oxygens (including phenoxy) is 1. The van der Waals surface area contributed by atoms with Crippen molar-refractivity contribution >= 4 is 22.6 Å². The Kier molecular flexibility index (Phi) is 7.90. The summed E-state index contributed by atoms with van der Waals surface area (Å²) >= 11 is 0. The van der Waals surface area contributed by atoms with E-state index in [4.69, 9.17) is 21.3 Å². The van der Waals surface area contributed by atoms with Crippen LogP contribution in [0, 0.1) is 18.3 Å². The summed E-state index contributed by atoms with van der Waals surface area (Å²) in [5.41, 5.74) is 4.64. The van der Waals surface area contributed by atoms with Gasteiger partial charge in [0.1, 0.15) is 24.3 Å². The van der Waals surface area contributed by atoms with E-state index in [-0.39, 0.29) is 37.5 Å². The van der Waals surface area contributed by atoms with Crippen molar-refractivity contribution in [3.05, 3.63) is 71.1 Å². The second kappa shape index (κ2) is 12.0. The summed E-state index contributed by atoms with van der Waals surface area (Å²) in [6, 6.07) is 9.48. The predicted octanol–water partition coefficient (Wildman–Crippen LogP) is 5.77. The van der Waals surface area contributed by atoms with Gasteiger partial charge in [0.05, 0.1) is 5.52 Å². The number of amides is 1. The number of likely N-dealkylation sites (tertiary alicyclic amines) is 1. The van der Waals surface area contributed by atoms with E-state index in [9.17, 15) is 9.18 Å². The number of anilines is 1. The summed E-state index contributed by atoms with van der Waals surface area (Å²) < 4.78 is 36.3. The van der Waals surface area contributed by atoms with Crippen LogP contribution >= 0.6 is 0 Å². The highest BCUT2D eigenvalue weighted by Gasteiger charge is 2.38. The van der Waals surface area contributed by atoms with Crippen LogP contribution in [0.3, 0.4) is 0 Å². The fraction of sp³-hybridized carbons (Fsp3) is 0.486. The molecule has 0 bridgehead atoms. The first kappa shape index (κ1) is 29.6. The smallest absolute Gasteiger partial charge is 0.319 e. The zero-order valence-electron chi connectivity index (χ0n) is 25.6. The van der Waals surface area contributed by atoms with Gasteiger partial charge in [0, 0.05) is 36.6 Å². The van der Waals surface area contributed by atoms with E-state index < -0.39 is 17.8 Å². The molecule has 2 aromatic carbocycles. The van der Waals surface area contributed by atoms with Gasteiger partial charge in [-0.3, -0.25) is 4.79 Å². The van der Waals surface area contributed by atoms with Gasteiger partial charge in [0.2, 0.25) is 6.54 Å². The average Bonchev–Trinajstić information content (AvgIpc) is 3.75. The van der Waals surface area contributed by atoms with Gasteiger partial charge in [-0.05, 0) is 86.4 Å². The fourth-order valence-electron chi connectivity index (χ4n) is 8.12. The molecule has 8 nitrogen and oxygen atoms in total. The van der Waals surface area contributed by atoms with Crippen LogP contribution in [0.2, 0.25) is 0 Å². The quantitative estimate of drug-likeness (QED) is 0.250. The molecule has 0 radical (unpaired) electrons. The lowest BCUT2D eigenvalue weighted by Gasteiger charge is -2.39. The Balaban J connectivity index is 1.30. The molecule has 10 heteroatoms. The zero-order chi connectivity index (χ0) is 31.2. The largest absolute Gasteiger partial charge is 0.462 e. The number of nitrogens with zero attached hydrogens (tertiary/aromatic N) is 6. The van der Waals surface area contributed by atoms with Crippen molar-refractivity contribution in [2.24, 2.45) is 5.92 Å². The second-order valence-electron chi connectivity index (χ2n) is 13.0. The Morgan fingerprint density at radius 3 is 2.76 bits per heavy atom. The van der Waals surface area contributed by atoms with Gasteiger partial charge in [-0.1, -0.05) is 31.2 Å². The molecule has 3 fully saturated rings. The number of carbonyl (C=O) groups is 1. The summed E-state index contributed by atoms with van der Waals surface area (Å²) in [5.74, 6) is -0.621. The zero-order valence-corrected chi connectivity index (χ0v) is 25.6. The number of likely N-dealkylation sites (N-methyl/N-ethyl adjacent to an activating group) is 1. The van der Waals surface area contributed by atoms with E-state index in [1.54, 1.807) is 0 Å². The van der Waals surface area contributed by atoms with Crippen molar-refractivity contribution in [3.8, 4) is 17.1 Å². The van der Waals surface area contributed by atoms with E-state index in [0.29, 0.717) is 47.3 Å². The Bertz CT molecular complexity index is 1710. The van der Waals surface area contributed by atoms with Gasteiger partial charge in [-0.25, -0.2) is 15.4 Å². The van der Waals surface area contributed by atoms with Crippen LogP contribution in [0.1, 0.15) is 49.1 Å². The normalized spacial score (nSPS) is 24.5. The molecule has 3 heterocycles. The minimum absolute atomic E-state index is 0.00427. The SMILES string of the molecule is [C-]#[N+]C[C@H]1CN(c2nc(OC[C@@H]3CCCN3C)nc3cc(-c4cccc5c4C4CCCC4C5)c(F)cc23)CCN1C(=O)C(=C)F.